The molecule has 2 amide bonds. The number of carbonyl (C=O) groups is 2. The van der Waals surface area contributed by atoms with Crippen molar-refractivity contribution in [1.82, 2.24) is 10.3 Å². The number of rotatable bonds is 6. The average molecular weight is 280 g/mol. The molecule has 5 N–H and O–H groups in total. The molecule has 0 aliphatic rings. The van der Waals surface area contributed by atoms with Crippen LogP contribution in [-0.2, 0) is 9.59 Å². The van der Waals surface area contributed by atoms with Gasteiger partial charge in [0.05, 0.1) is 0 Å². The second-order valence-electron chi connectivity index (χ2n) is 4.59. The quantitative estimate of drug-likeness (QED) is 0.580. The van der Waals surface area contributed by atoms with Gasteiger partial charge in [0.2, 0.25) is 11.8 Å². The summed E-state index contributed by atoms with van der Waals surface area (Å²) in [5.41, 5.74) is 6.00. The molecule has 1 heterocycles. The van der Waals surface area contributed by atoms with Crippen molar-refractivity contribution in [3.63, 3.8) is 0 Å². The summed E-state index contributed by atoms with van der Waals surface area (Å²) in [4.78, 5) is 37.3. The number of aromatic amines is 1. The van der Waals surface area contributed by atoms with E-state index in [0.717, 1.165) is 5.56 Å². The molecule has 1 aromatic heterocycles. The SMILES string of the molecule is CC(=O)NC(CCCN)C(=O)Nc1cc(C)c[nH]c1=O. The molecule has 0 bridgehead atoms. The number of hydrogen-bond donors (Lipinski definition) is 4. The fraction of sp³-hybridized carbons (Fsp3) is 0.462. The highest BCUT2D eigenvalue weighted by Gasteiger charge is 2.19. The van der Waals surface area contributed by atoms with Crippen LogP contribution in [0.15, 0.2) is 17.1 Å². The zero-order valence-electron chi connectivity index (χ0n) is 11.7. The largest absolute Gasteiger partial charge is 0.345 e. The number of aromatic nitrogens is 1. The number of nitrogens with one attached hydrogen (secondary N) is 3. The van der Waals surface area contributed by atoms with E-state index in [0.29, 0.717) is 19.4 Å². The van der Waals surface area contributed by atoms with Crippen molar-refractivity contribution in [1.29, 1.82) is 0 Å². The van der Waals surface area contributed by atoms with E-state index in [-0.39, 0.29) is 17.2 Å². The van der Waals surface area contributed by atoms with Crippen molar-refractivity contribution >= 4 is 17.5 Å². The van der Waals surface area contributed by atoms with Crippen LogP contribution in [-0.4, -0.2) is 29.4 Å². The van der Waals surface area contributed by atoms with E-state index in [1.165, 1.54) is 6.92 Å². The minimum atomic E-state index is -0.698. The molecule has 1 unspecified atom stereocenters. The Morgan fingerprint density at radius 1 is 1.45 bits per heavy atom. The first-order chi connectivity index (χ1) is 9.43. The third kappa shape index (κ3) is 4.85. The molecule has 0 spiro atoms. The Kier molecular flexibility index (Phi) is 5.92. The summed E-state index contributed by atoms with van der Waals surface area (Å²) in [5.74, 6) is -0.731. The number of pyridine rings is 1. The fourth-order valence-corrected chi connectivity index (χ4v) is 1.74. The first kappa shape index (κ1) is 15.9. The zero-order valence-corrected chi connectivity index (χ0v) is 11.7. The summed E-state index contributed by atoms with van der Waals surface area (Å²) in [6.07, 6.45) is 2.58. The van der Waals surface area contributed by atoms with Crippen LogP contribution in [0.3, 0.4) is 0 Å². The molecule has 0 aliphatic heterocycles. The molecule has 0 aliphatic carbocycles. The second-order valence-corrected chi connectivity index (χ2v) is 4.59. The van der Waals surface area contributed by atoms with E-state index in [9.17, 15) is 14.4 Å². The summed E-state index contributed by atoms with van der Waals surface area (Å²) in [7, 11) is 0. The van der Waals surface area contributed by atoms with Gasteiger partial charge in [0.1, 0.15) is 11.7 Å². The van der Waals surface area contributed by atoms with Gasteiger partial charge in [0.25, 0.3) is 5.56 Å². The lowest BCUT2D eigenvalue weighted by Gasteiger charge is -2.17. The Bertz CT molecular complexity index is 539. The van der Waals surface area contributed by atoms with Crippen molar-refractivity contribution < 1.29 is 9.59 Å². The van der Waals surface area contributed by atoms with Gasteiger partial charge in [0.15, 0.2) is 0 Å². The maximum absolute atomic E-state index is 12.1. The topological polar surface area (TPSA) is 117 Å². The number of carbonyl (C=O) groups excluding carboxylic acids is 2. The Morgan fingerprint density at radius 3 is 2.75 bits per heavy atom. The molecule has 1 aromatic rings. The van der Waals surface area contributed by atoms with Gasteiger partial charge in [-0.05, 0) is 37.9 Å². The van der Waals surface area contributed by atoms with E-state index in [4.69, 9.17) is 5.73 Å². The van der Waals surface area contributed by atoms with Crippen molar-refractivity contribution in [3.05, 3.63) is 28.2 Å². The van der Waals surface area contributed by atoms with E-state index in [2.05, 4.69) is 15.6 Å². The number of hydrogen-bond acceptors (Lipinski definition) is 4. The van der Waals surface area contributed by atoms with Crippen LogP contribution in [0.25, 0.3) is 0 Å². The summed E-state index contributed by atoms with van der Waals surface area (Å²) >= 11 is 0. The molecule has 0 aromatic carbocycles. The number of nitrogens with two attached hydrogens (primary N) is 1. The summed E-state index contributed by atoms with van der Waals surface area (Å²) in [6.45, 7) is 3.56. The molecule has 7 nitrogen and oxygen atoms in total. The van der Waals surface area contributed by atoms with Gasteiger partial charge in [-0.3, -0.25) is 14.4 Å². The van der Waals surface area contributed by atoms with Crippen molar-refractivity contribution in [2.45, 2.75) is 32.7 Å². The van der Waals surface area contributed by atoms with Gasteiger partial charge < -0.3 is 21.4 Å². The molecule has 7 heteroatoms. The molecule has 1 atom stereocenters. The number of amides is 2. The lowest BCUT2D eigenvalue weighted by molar-refractivity contribution is -0.125. The molecule has 1 rings (SSSR count). The Labute approximate surface area is 116 Å². The maximum atomic E-state index is 12.1. The first-order valence-corrected chi connectivity index (χ1v) is 6.41. The van der Waals surface area contributed by atoms with Crippen molar-refractivity contribution in [3.8, 4) is 0 Å². The third-order valence-corrected chi connectivity index (χ3v) is 2.70. The predicted molar refractivity (Wildman–Crippen MR) is 76.3 cm³/mol. The molecular weight excluding hydrogens is 260 g/mol. The molecule has 20 heavy (non-hydrogen) atoms. The average Bonchev–Trinajstić information content (AvgIpc) is 2.38. The third-order valence-electron chi connectivity index (χ3n) is 2.70. The molecule has 0 radical (unpaired) electrons. The van der Waals surface area contributed by atoms with Crippen LogP contribution in [0.1, 0.15) is 25.3 Å². The molecular formula is C13H20N4O3. The highest BCUT2D eigenvalue weighted by molar-refractivity contribution is 5.96. The molecule has 110 valence electrons. The van der Waals surface area contributed by atoms with Crippen LogP contribution < -0.4 is 21.9 Å². The van der Waals surface area contributed by atoms with E-state index in [1.54, 1.807) is 19.2 Å². The van der Waals surface area contributed by atoms with E-state index < -0.39 is 11.9 Å². The summed E-state index contributed by atoms with van der Waals surface area (Å²) in [5, 5.41) is 5.08. The minimum Gasteiger partial charge on any atom is -0.345 e. The van der Waals surface area contributed by atoms with Gasteiger partial charge >= 0.3 is 0 Å². The Balaban J connectivity index is 2.81. The van der Waals surface area contributed by atoms with Crippen LogP contribution in [0.5, 0.6) is 0 Å². The molecule has 0 saturated heterocycles. The van der Waals surface area contributed by atoms with Gasteiger partial charge in [-0.25, -0.2) is 0 Å². The second kappa shape index (κ2) is 7.44. The van der Waals surface area contributed by atoms with Crippen molar-refractivity contribution in [2.75, 3.05) is 11.9 Å². The van der Waals surface area contributed by atoms with E-state index in [1.807, 2.05) is 0 Å². The van der Waals surface area contributed by atoms with Gasteiger partial charge in [-0.1, -0.05) is 0 Å². The predicted octanol–water partition coefficient (Wildman–Crippen LogP) is -0.135. The zero-order chi connectivity index (χ0) is 15.1. The van der Waals surface area contributed by atoms with Crippen LogP contribution >= 0.6 is 0 Å². The van der Waals surface area contributed by atoms with Crippen LogP contribution in [0, 0.1) is 6.92 Å². The lowest BCUT2D eigenvalue weighted by atomic mass is 10.1. The summed E-state index contributed by atoms with van der Waals surface area (Å²) in [6, 6.07) is 0.876. The van der Waals surface area contributed by atoms with Crippen LogP contribution in [0.4, 0.5) is 5.69 Å². The van der Waals surface area contributed by atoms with Gasteiger partial charge in [-0.2, -0.15) is 0 Å². The fourth-order valence-electron chi connectivity index (χ4n) is 1.74. The first-order valence-electron chi connectivity index (χ1n) is 6.41. The summed E-state index contributed by atoms with van der Waals surface area (Å²) < 4.78 is 0. The highest BCUT2D eigenvalue weighted by atomic mass is 16.2. The minimum absolute atomic E-state index is 0.165. The Hall–Kier alpha value is -2.15. The highest BCUT2D eigenvalue weighted by Crippen LogP contribution is 2.05. The maximum Gasteiger partial charge on any atom is 0.271 e. The van der Waals surface area contributed by atoms with Gasteiger partial charge in [0, 0.05) is 13.1 Å². The normalized spacial score (nSPS) is 11.8. The molecule has 0 saturated carbocycles. The standard InChI is InChI=1S/C13H20N4O3/c1-8-6-11(12(19)15-7-8)17-13(20)10(4-3-5-14)16-9(2)18/h6-7,10H,3-5,14H2,1-2H3,(H,15,19)(H,16,18)(H,17,20). The monoisotopic (exact) mass is 280 g/mol. The number of H-pyrrole nitrogens is 1. The van der Waals surface area contributed by atoms with E-state index >= 15 is 0 Å². The van der Waals surface area contributed by atoms with Gasteiger partial charge in [-0.15, -0.1) is 0 Å². The number of anilines is 1. The van der Waals surface area contributed by atoms with Crippen molar-refractivity contribution in [2.24, 2.45) is 5.73 Å². The molecule has 0 fully saturated rings. The smallest absolute Gasteiger partial charge is 0.271 e. The number of aryl methyl sites for hydroxylation is 1. The Morgan fingerprint density at radius 2 is 2.15 bits per heavy atom. The van der Waals surface area contributed by atoms with Crippen LogP contribution in [0.2, 0.25) is 0 Å². The lowest BCUT2D eigenvalue weighted by Crippen LogP contribution is -2.43.